The predicted octanol–water partition coefficient (Wildman–Crippen LogP) is 2.29. The van der Waals surface area contributed by atoms with Crippen molar-refractivity contribution in [1.82, 2.24) is 0 Å². The molecule has 0 aliphatic heterocycles. The van der Waals surface area contributed by atoms with E-state index in [1.54, 1.807) is 0 Å². The van der Waals surface area contributed by atoms with E-state index < -0.39 is 11.9 Å². The molecule has 1 N–H and O–H groups in total. The average Bonchev–Trinajstić information content (AvgIpc) is 1.82. The molecule has 0 aromatic carbocycles. The minimum Gasteiger partial charge on any atom is -0.481 e. The quantitative estimate of drug-likeness (QED) is 0.717. The van der Waals surface area contributed by atoms with Gasteiger partial charge in [-0.05, 0) is 18.8 Å². The molecular formula is C8H12F2O2. The van der Waals surface area contributed by atoms with Crippen LogP contribution in [0.15, 0.2) is 0 Å². The molecule has 0 aromatic rings. The van der Waals surface area contributed by atoms with Crippen LogP contribution in [-0.4, -0.2) is 17.0 Å². The zero-order valence-electron chi connectivity index (χ0n) is 6.72. The lowest BCUT2D eigenvalue weighted by Gasteiger charge is -2.34. The Bertz CT molecular complexity index is 172. The van der Waals surface area contributed by atoms with Gasteiger partial charge in [0.1, 0.15) is 0 Å². The smallest absolute Gasteiger partial charge is 0.303 e. The van der Waals surface area contributed by atoms with Crippen molar-refractivity contribution in [1.29, 1.82) is 0 Å². The minimum atomic E-state index is -2.46. The van der Waals surface area contributed by atoms with Crippen LogP contribution in [0.25, 0.3) is 0 Å². The van der Waals surface area contributed by atoms with Crippen molar-refractivity contribution in [2.75, 3.05) is 0 Å². The number of rotatable bonds is 4. The maximum Gasteiger partial charge on any atom is 0.303 e. The van der Waals surface area contributed by atoms with E-state index in [0.29, 0.717) is 12.8 Å². The Kier molecular flexibility index (Phi) is 2.65. The van der Waals surface area contributed by atoms with Crippen LogP contribution in [0.3, 0.4) is 0 Å². The summed E-state index contributed by atoms with van der Waals surface area (Å²) in [5.41, 5.74) is 0. The fraction of sp³-hybridized carbons (Fsp3) is 0.875. The Balaban J connectivity index is 2.01. The number of carbonyl (C=O) groups is 1. The van der Waals surface area contributed by atoms with Gasteiger partial charge in [-0.25, -0.2) is 8.78 Å². The van der Waals surface area contributed by atoms with Gasteiger partial charge in [-0.2, -0.15) is 0 Å². The lowest BCUT2D eigenvalue weighted by molar-refractivity contribution is -0.137. The summed E-state index contributed by atoms with van der Waals surface area (Å²) in [6.45, 7) is 0. The number of halogens is 2. The largest absolute Gasteiger partial charge is 0.481 e. The molecule has 0 spiro atoms. The summed E-state index contributed by atoms with van der Waals surface area (Å²) in [6.07, 6.45) is 1.15. The highest BCUT2D eigenvalue weighted by atomic mass is 19.3. The number of alkyl halides is 2. The van der Waals surface area contributed by atoms with Crippen LogP contribution in [0, 0.1) is 5.92 Å². The molecule has 1 aliphatic rings. The molecule has 4 heteroatoms. The molecular weight excluding hydrogens is 166 g/mol. The average molecular weight is 178 g/mol. The second kappa shape index (κ2) is 3.37. The topological polar surface area (TPSA) is 37.3 Å². The van der Waals surface area contributed by atoms with Gasteiger partial charge in [-0.15, -0.1) is 0 Å². The Labute approximate surface area is 69.6 Å². The molecule has 12 heavy (non-hydrogen) atoms. The molecule has 0 atom stereocenters. The molecule has 0 amide bonds. The van der Waals surface area contributed by atoms with E-state index in [4.69, 9.17) is 5.11 Å². The lowest BCUT2D eigenvalue weighted by Crippen LogP contribution is -2.35. The van der Waals surface area contributed by atoms with Gasteiger partial charge in [0.2, 0.25) is 5.92 Å². The van der Waals surface area contributed by atoms with Gasteiger partial charge in [0, 0.05) is 19.3 Å². The zero-order valence-corrected chi connectivity index (χ0v) is 6.72. The fourth-order valence-electron chi connectivity index (χ4n) is 1.53. The Hall–Kier alpha value is -0.670. The summed E-state index contributed by atoms with van der Waals surface area (Å²) in [6, 6.07) is 0. The van der Waals surface area contributed by atoms with E-state index in [1.807, 2.05) is 0 Å². The third-order valence-corrected chi connectivity index (χ3v) is 2.18. The van der Waals surface area contributed by atoms with Crippen molar-refractivity contribution in [2.45, 2.75) is 38.0 Å². The monoisotopic (exact) mass is 178 g/mol. The van der Waals surface area contributed by atoms with E-state index in [2.05, 4.69) is 0 Å². The van der Waals surface area contributed by atoms with Crippen molar-refractivity contribution in [3.63, 3.8) is 0 Å². The van der Waals surface area contributed by atoms with Crippen LogP contribution in [0.2, 0.25) is 0 Å². The van der Waals surface area contributed by atoms with Crippen molar-refractivity contribution in [3.8, 4) is 0 Å². The Morgan fingerprint density at radius 3 is 2.50 bits per heavy atom. The zero-order chi connectivity index (χ0) is 9.19. The highest BCUT2D eigenvalue weighted by molar-refractivity contribution is 5.66. The Morgan fingerprint density at radius 2 is 2.08 bits per heavy atom. The highest BCUT2D eigenvalue weighted by Crippen LogP contribution is 2.44. The third-order valence-electron chi connectivity index (χ3n) is 2.18. The summed E-state index contributed by atoms with van der Waals surface area (Å²) in [5.74, 6) is -3.26. The van der Waals surface area contributed by atoms with Gasteiger partial charge in [0.05, 0.1) is 0 Å². The number of hydrogen-bond donors (Lipinski definition) is 1. The molecule has 2 nitrogen and oxygen atoms in total. The van der Waals surface area contributed by atoms with E-state index >= 15 is 0 Å². The summed E-state index contributed by atoms with van der Waals surface area (Å²) in [7, 11) is 0. The molecule has 70 valence electrons. The van der Waals surface area contributed by atoms with Gasteiger partial charge in [-0.1, -0.05) is 0 Å². The van der Waals surface area contributed by atoms with Gasteiger partial charge in [-0.3, -0.25) is 4.79 Å². The second-order valence-corrected chi connectivity index (χ2v) is 3.42. The normalized spacial score (nSPS) is 21.8. The minimum absolute atomic E-state index is 0.0490. The SMILES string of the molecule is O=C(O)CCCC1CC(F)(F)C1. The number of hydrogen-bond acceptors (Lipinski definition) is 1. The molecule has 0 bridgehead atoms. The molecule has 0 unspecified atom stereocenters. The van der Waals surface area contributed by atoms with E-state index in [0.717, 1.165) is 0 Å². The standard InChI is InChI=1S/C8H12F2O2/c9-8(10)4-6(5-8)2-1-3-7(11)12/h6H,1-5H2,(H,11,12). The first-order chi connectivity index (χ1) is 5.49. The van der Waals surface area contributed by atoms with E-state index in [1.165, 1.54) is 0 Å². The van der Waals surface area contributed by atoms with Gasteiger partial charge >= 0.3 is 5.97 Å². The fourth-order valence-corrected chi connectivity index (χ4v) is 1.53. The summed E-state index contributed by atoms with van der Waals surface area (Å²) < 4.78 is 24.5. The van der Waals surface area contributed by atoms with E-state index in [9.17, 15) is 13.6 Å². The summed E-state index contributed by atoms with van der Waals surface area (Å²) in [5, 5.41) is 8.27. The van der Waals surface area contributed by atoms with Crippen LogP contribution in [0.5, 0.6) is 0 Å². The van der Waals surface area contributed by atoms with Crippen molar-refractivity contribution in [3.05, 3.63) is 0 Å². The molecule has 1 fully saturated rings. The first kappa shape index (κ1) is 9.42. The maximum absolute atomic E-state index is 12.3. The first-order valence-electron chi connectivity index (χ1n) is 4.09. The summed E-state index contributed by atoms with van der Waals surface area (Å²) >= 11 is 0. The third kappa shape index (κ3) is 2.75. The Morgan fingerprint density at radius 1 is 1.50 bits per heavy atom. The molecule has 1 aliphatic carbocycles. The van der Waals surface area contributed by atoms with Crippen molar-refractivity contribution < 1.29 is 18.7 Å². The highest BCUT2D eigenvalue weighted by Gasteiger charge is 2.44. The van der Waals surface area contributed by atoms with E-state index in [-0.39, 0.29) is 25.2 Å². The molecule has 0 aromatic heterocycles. The second-order valence-electron chi connectivity index (χ2n) is 3.42. The van der Waals surface area contributed by atoms with Crippen LogP contribution < -0.4 is 0 Å². The van der Waals surface area contributed by atoms with Crippen LogP contribution in [-0.2, 0) is 4.79 Å². The summed E-state index contributed by atoms with van der Waals surface area (Å²) in [4.78, 5) is 10.1. The maximum atomic E-state index is 12.3. The van der Waals surface area contributed by atoms with Gasteiger partial charge < -0.3 is 5.11 Å². The molecule has 0 saturated heterocycles. The van der Waals surface area contributed by atoms with Crippen molar-refractivity contribution in [2.24, 2.45) is 5.92 Å². The molecule has 0 radical (unpaired) electrons. The van der Waals surface area contributed by atoms with Gasteiger partial charge in [0.25, 0.3) is 0 Å². The van der Waals surface area contributed by atoms with Crippen LogP contribution in [0.1, 0.15) is 32.1 Å². The van der Waals surface area contributed by atoms with Crippen LogP contribution >= 0.6 is 0 Å². The molecule has 0 heterocycles. The first-order valence-corrected chi connectivity index (χ1v) is 4.09. The number of carboxylic acids is 1. The lowest BCUT2D eigenvalue weighted by atomic mass is 9.78. The molecule has 1 saturated carbocycles. The predicted molar refractivity (Wildman–Crippen MR) is 39.2 cm³/mol. The molecule has 1 rings (SSSR count). The van der Waals surface area contributed by atoms with Crippen LogP contribution in [0.4, 0.5) is 8.78 Å². The van der Waals surface area contributed by atoms with Gasteiger partial charge in [0.15, 0.2) is 0 Å². The van der Waals surface area contributed by atoms with Crippen molar-refractivity contribution >= 4 is 5.97 Å². The number of carboxylic acid groups (broad SMARTS) is 1. The number of aliphatic carboxylic acids is 1.